The van der Waals surface area contributed by atoms with Crippen LogP contribution in [0.25, 0.3) is 10.9 Å². The molecule has 244 valence electrons. The topological polar surface area (TPSA) is 115 Å². The van der Waals surface area contributed by atoms with Gasteiger partial charge in [-0.05, 0) is 73.1 Å². The standard InChI is InChI=1S/C33H30F3IN6O3S/c34-33(35,36)20-14-21(41-28-27(29(44)30(28)45)39-11-8-23-4-3-12-43(23)18-37)16-22(15-20)42-32(46)31-26(9-13-47-31)40-17-19-7-10-38-25-6-2-1-5-24(19)25/h1-2,5-7,9-10,13-16,23,39-41H,3-4,8,11-12,17-18H2,(H,42,46). The van der Waals surface area contributed by atoms with E-state index in [2.05, 4.69) is 53.7 Å². The van der Waals surface area contributed by atoms with E-state index in [4.69, 9.17) is 0 Å². The van der Waals surface area contributed by atoms with Crippen LogP contribution in [0, 0.1) is 0 Å². The lowest BCUT2D eigenvalue weighted by Crippen LogP contribution is -2.37. The van der Waals surface area contributed by atoms with E-state index in [1.807, 2.05) is 30.3 Å². The molecule has 47 heavy (non-hydrogen) atoms. The van der Waals surface area contributed by atoms with Gasteiger partial charge in [0.2, 0.25) is 0 Å². The summed E-state index contributed by atoms with van der Waals surface area (Å²) < 4.78 is 42.6. The summed E-state index contributed by atoms with van der Waals surface area (Å²) in [7, 11) is 0. The SMILES string of the molecule is O=C(Nc1cc(Nc2c(NCCC3CCCN3CI)c(=O)c2=O)cc(C(F)(F)F)c1)c1sccc1NCc1ccnc2ccccc12. The average molecular weight is 775 g/mol. The Morgan fingerprint density at radius 2 is 1.81 bits per heavy atom. The Hall–Kier alpha value is -4.02. The molecular formula is C33H30F3IN6O3S. The van der Waals surface area contributed by atoms with Gasteiger partial charge in [-0.3, -0.25) is 24.3 Å². The van der Waals surface area contributed by atoms with E-state index in [0.717, 1.165) is 70.3 Å². The highest BCUT2D eigenvalue weighted by atomic mass is 127. The fourth-order valence-corrected chi connectivity index (χ4v) is 7.48. The Morgan fingerprint density at radius 1 is 1.02 bits per heavy atom. The number of hydrogen-bond donors (Lipinski definition) is 4. The van der Waals surface area contributed by atoms with Gasteiger partial charge in [-0.25, -0.2) is 0 Å². The van der Waals surface area contributed by atoms with E-state index in [9.17, 15) is 27.6 Å². The predicted molar refractivity (Wildman–Crippen MR) is 189 cm³/mol. The van der Waals surface area contributed by atoms with Gasteiger partial charge in [0.25, 0.3) is 16.8 Å². The molecule has 3 heterocycles. The largest absolute Gasteiger partial charge is 0.416 e. The first-order valence-corrected chi connectivity index (χ1v) is 17.3. The minimum atomic E-state index is -4.74. The number of para-hydroxylation sites is 1. The molecule has 4 N–H and O–H groups in total. The number of thiophene rings is 1. The van der Waals surface area contributed by atoms with Crippen molar-refractivity contribution in [3.63, 3.8) is 0 Å². The van der Waals surface area contributed by atoms with Gasteiger partial charge in [0, 0.05) is 42.1 Å². The summed E-state index contributed by atoms with van der Waals surface area (Å²) in [4.78, 5) is 45.1. The summed E-state index contributed by atoms with van der Waals surface area (Å²) in [5.74, 6) is -0.601. The lowest BCUT2D eigenvalue weighted by atomic mass is 10.1. The molecule has 0 bridgehead atoms. The third-order valence-corrected chi connectivity index (χ3v) is 10.00. The number of amides is 1. The molecule has 0 saturated carbocycles. The second kappa shape index (κ2) is 14.0. The molecule has 1 saturated heterocycles. The maximum absolute atomic E-state index is 13.9. The summed E-state index contributed by atoms with van der Waals surface area (Å²) in [5, 5.41) is 14.2. The van der Waals surface area contributed by atoms with Crippen molar-refractivity contribution in [2.75, 3.05) is 38.9 Å². The van der Waals surface area contributed by atoms with Gasteiger partial charge in [-0.1, -0.05) is 40.8 Å². The van der Waals surface area contributed by atoms with Gasteiger partial charge in [0.15, 0.2) is 0 Å². The van der Waals surface area contributed by atoms with Gasteiger partial charge in [0.1, 0.15) is 16.3 Å². The lowest BCUT2D eigenvalue weighted by molar-refractivity contribution is -0.137. The van der Waals surface area contributed by atoms with Gasteiger partial charge in [0.05, 0.1) is 21.3 Å². The number of aromatic nitrogens is 1. The van der Waals surface area contributed by atoms with Crippen LogP contribution in [0.4, 0.5) is 41.6 Å². The molecule has 6 rings (SSSR count). The summed E-state index contributed by atoms with van der Waals surface area (Å²) in [6.45, 7) is 1.85. The number of nitrogens with zero attached hydrogens (tertiary/aromatic N) is 2. The number of pyridine rings is 1. The maximum Gasteiger partial charge on any atom is 0.416 e. The van der Waals surface area contributed by atoms with Crippen molar-refractivity contribution >= 4 is 79.2 Å². The van der Waals surface area contributed by atoms with Gasteiger partial charge in [-0.2, -0.15) is 13.2 Å². The van der Waals surface area contributed by atoms with Gasteiger partial charge in [-0.15, -0.1) is 11.3 Å². The molecule has 2 aromatic heterocycles. The summed E-state index contributed by atoms with van der Waals surface area (Å²) in [6, 6.07) is 14.6. The number of likely N-dealkylation sites (tertiary alicyclic amines) is 1. The highest BCUT2D eigenvalue weighted by Crippen LogP contribution is 2.35. The number of fused-ring (bicyclic) bond motifs is 1. The fraction of sp³-hybridized carbons (Fsp3) is 0.273. The van der Waals surface area contributed by atoms with Crippen molar-refractivity contribution in [2.45, 2.75) is 38.0 Å². The van der Waals surface area contributed by atoms with E-state index >= 15 is 0 Å². The third kappa shape index (κ3) is 7.28. The molecule has 1 aliphatic rings. The van der Waals surface area contributed by atoms with Crippen molar-refractivity contribution in [2.24, 2.45) is 0 Å². The van der Waals surface area contributed by atoms with Gasteiger partial charge < -0.3 is 21.3 Å². The number of halogens is 4. The molecule has 14 heteroatoms. The zero-order valence-electron chi connectivity index (χ0n) is 24.9. The number of anilines is 5. The van der Waals surface area contributed by atoms with Crippen LogP contribution in [0.15, 0.2) is 75.8 Å². The number of carbonyl (C=O) groups is 1. The second-order valence-electron chi connectivity index (χ2n) is 11.2. The lowest BCUT2D eigenvalue weighted by Gasteiger charge is -2.23. The first-order valence-electron chi connectivity index (χ1n) is 14.9. The van der Waals surface area contributed by atoms with Crippen molar-refractivity contribution in [3.8, 4) is 0 Å². The van der Waals surface area contributed by atoms with E-state index in [1.54, 1.807) is 17.6 Å². The predicted octanol–water partition coefficient (Wildman–Crippen LogP) is 7.18. The molecule has 3 aromatic carbocycles. The molecule has 1 amide bonds. The third-order valence-electron chi connectivity index (χ3n) is 8.21. The molecule has 9 nitrogen and oxygen atoms in total. The number of rotatable bonds is 12. The average Bonchev–Trinajstić information content (AvgIpc) is 3.74. The monoisotopic (exact) mass is 774 g/mol. The first-order chi connectivity index (χ1) is 22.6. The van der Waals surface area contributed by atoms with Crippen molar-refractivity contribution in [1.29, 1.82) is 0 Å². The molecular weight excluding hydrogens is 744 g/mol. The Balaban J connectivity index is 1.17. The molecule has 1 unspecified atom stereocenters. The number of alkyl halides is 4. The Kier molecular flexibility index (Phi) is 9.80. The van der Waals surface area contributed by atoms with Crippen LogP contribution < -0.4 is 32.1 Å². The number of benzene rings is 2. The smallest absolute Gasteiger partial charge is 0.380 e. The van der Waals surface area contributed by atoms with Crippen LogP contribution in [-0.2, 0) is 12.7 Å². The van der Waals surface area contributed by atoms with Crippen LogP contribution in [0.2, 0.25) is 0 Å². The van der Waals surface area contributed by atoms with Crippen LogP contribution in [0.1, 0.15) is 40.1 Å². The van der Waals surface area contributed by atoms with E-state index < -0.39 is 28.5 Å². The molecule has 1 atom stereocenters. The molecule has 0 radical (unpaired) electrons. The Morgan fingerprint density at radius 3 is 2.62 bits per heavy atom. The quantitative estimate of drug-likeness (QED) is 0.0457. The van der Waals surface area contributed by atoms with Crippen LogP contribution in [-0.4, -0.2) is 39.5 Å². The normalized spacial score (nSPS) is 15.3. The van der Waals surface area contributed by atoms with Crippen LogP contribution >= 0.6 is 33.9 Å². The molecule has 0 spiro atoms. The summed E-state index contributed by atoms with van der Waals surface area (Å²) in [5.41, 5.74) is -0.503. The van der Waals surface area contributed by atoms with Crippen LogP contribution in [0.5, 0.6) is 0 Å². The van der Waals surface area contributed by atoms with Crippen molar-refractivity contribution in [1.82, 2.24) is 9.88 Å². The second-order valence-corrected chi connectivity index (χ2v) is 12.8. The van der Waals surface area contributed by atoms with E-state index in [1.165, 1.54) is 6.07 Å². The molecule has 1 fully saturated rings. The zero-order chi connectivity index (χ0) is 33.1. The highest BCUT2D eigenvalue weighted by molar-refractivity contribution is 14.1. The minimum Gasteiger partial charge on any atom is -0.380 e. The van der Waals surface area contributed by atoms with E-state index in [-0.39, 0.29) is 27.6 Å². The zero-order valence-corrected chi connectivity index (χ0v) is 27.9. The highest BCUT2D eigenvalue weighted by Gasteiger charge is 2.32. The van der Waals surface area contributed by atoms with Crippen molar-refractivity contribution < 1.29 is 18.0 Å². The number of hydrogen-bond acceptors (Lipinski definition) is 9. The minimum absolute atomic E-state index is 0.0493. The maximum atomic E-state index is 13.9. The van der Waals surface area contributed by atoms with Crippen molar-refractivity contribution in [3.05, 3.63) is 103 Å². The Bertz CT molecular complexity index is 1990. The molecule has 1 aliphatic heterocycles. The number of nitrogens with one attached hydrogen (secondary N) is 4. The summed E-state index contributed by atoms with van der Waals surface area (Å²) in [6.07, 6.45) is -0.119. The van der Waals surface area contributed by atoms with Crippen LogP contribution in [0.3, 0.4) is 0 Å². The summed E-state index contributed by atoms with van der Waals surface area (Å²) >= 11 is 3.46. The number of carbonyl (C=O) groups excluding carboxylic acids is 1. The molecule has 0 aliphatic carbocycles. The van der Waals surface area contributed by atoms with E-state index in [0.29, 0.717) is 24.8 Å². The first kappa shape index (κ1) is 32.9. The fourth-order valence-electron chi connectivity index (χ4n) is 5.81. The molecule has 5 aromatic rings. The Labute approximate surface area is 285 Å². The van der Waals surface area contributed by atoms with Gasteiger partial charge >= 0.3 is 6.18 Å².